The summed E-state index contributed by atoms with van der Waals surface area (Å²) >= 11 is 13.2. The zero-order valence-corrected chi connectivity index (χ0v) is 20.7. The van der Waals surface area contributed by atoms with E-state index in [1.807, 2.05) is 48.5 Å². The van der Waals surface area contributed by atoms with Crippen molar-refractivity contribution in [2.45, 2.75) is 26.4 Å². The van der Waals surface area contributed by atoms with Gasteiger partial charge in [-0.3, -0.25) is 4.98 Å². The zero-order chi connectivity index (χ0) is 24.5. The average molecular weight is 501 g/mol. The Hall–Kier alpha value is -3.38. The van der Waals surface area contributed by atoms with Crippen molar-refractivity contribution in [2.24, 2.45) is 0 Å². The summed E-state index contributed by atoms with van der Waals surface area (Å²) in [5.74, 6) is 0.140. The number of fused-ring (bicyclic) bond motifs is 1. The van der Waals surface area contributed by atoms with Crippen LogP contribution in [0.1, 0.15) is 30.9 Å². The van der Waals surface area contributed by atoms with Crippen molar-refractivity contribution in [1.29, 1.82) is 0 Å². The van der Waals surface area contributed by atoms with Gasteiger partial charge in [-0.1, -0.05) is 55.2 Å². The largest absolute Gasteiger partial charge is 0.392 e. The van der Waals surface area contributed by atoms with E-state index in [-0.39, 0.29) is 12.5 Å². The summed E-state index contributed by atoms with van der Waals surface area (Å²) < 4.78 is 0. The van der Waals surface area contributed by atoms with Crippen molar-refractivity contribution in [3.63, 3.8) is 0 Å². The van der Waals surface area contributed by atoms with Crippen LogP contribution in [0.5, 0.6) is 0 Å². The second-order valence-corrected chi connectivity index (χ2v) is 9.37. The smallest absolute Gasteiger partial charge is 0.115 e. The van der Waals surface area contributed by atoms with Gasteiger partial charge in [-0.05, 0) is 47.4 Å². The SMILES string of the molecule is CC(C)c1c(-c2cncnc2)nc2ccc(-c3ccnc(-c4cccc(Cl)c4)c3CO)cc2c1Cl. The van der Waals surface area contributed by atoms with Crippen LogP contribution in [0.2, 0.25) is 10.0 Å². The molecule has 0 aliphatic carbocycles. The fourth-order valence-corrected chi connectivity index (χ4v) is 5.03. The highest BCUT2D eigenvalue weighted by Crippen LogP contribution is 2.40. The number of rotatable bonds is 5. The van der Waals surface area contributed by atoms with Crippen molar-refractivity contribution < 1.29 is 5.11 Å². The number of aliphatic hydroxyl groups excluding tert-OH is 1. The first-order chi connectivity index (χ1) is 17.0. The Morgan fingerprint density at radius 1 is 0.886 bits per heavy atom. The van der Waals surface area contributed by atoms with E-state index in [0.29, 0.717) is 15.7 Å². The van der Waals surface area contributed by atoms with E-state index >= 15 is 0 Å². The van der Waals surface area contributed by atoms with E-state index in [0.717, 1.165) is 50.0 Å². The Balaban J connectivity index is 1.71. The summed E-state index contributed by atoms with van der Waals surface area (Å²) in [4.78, 5) is 17.8. The molecule has 2 aromatic carbocycles. The molecule has 5 aromatic rings. The van der Waals surface area contributed by atoms with Gasteiger partial charge in [0.15, 0.2) is 0 Å². The van der Waals surface area contributed by atoms with Gasteiger partial charge < -0.3 is 5.11 Å². The molecule has 0 spiro atoms. The molecule has 1 N–H and O–H groups in total. The number of pyridine rings is 2. The van der Waals surface area contributed by atoms with Crippen LogP contribution < -0.4 is 0 Å². The molecule has 3 aromatic heterocycles. The van der Waals surface area contributed by atoms with Crippen molar-refractivity contribution in [2.75, 3.05) is 0 Å². The Bertz CT molecular complexity index is 1540. The molecule has 5 nitrogen and oxygen atoms in total. The topological polar surface area (TPSA) is 71.8 Å². The first-order valence-electron chi connectivity index (χ1n) is 11.2. The third-order valence-corrected chi connectivity index (χ3v) is 6.63. The molecule has 3 heterocycles. The maximum absolute atomic E-state index is 10.3. The second-order valence-electron chi connectivity index (χ2n) is 8.56. The molecular weight excluding hydrogens is 479 g/mol. The van der Waals surface area contributed by atoms with Crippen molar-refractivity contribution in [3.8, 4) is 33.6 Å². The molecule has 0 aliphatic heterocycles. The minimum atomic E-state index is -0.167. The molecule has 0 amide bonds. The van der Waals surface area contributed by atoms with E-state index in [1.165, 1.54) is 6.33 Å². The Kier molecular flexibility index (Phi) is 6.48. The number of aliphatic hydroxyl groups is 1. The number of hydrogen-bond donors (Lipinski definition) is 1. The third-order valence-electron chi connectivity index (χ3n) is 5.99. The first kappa shape index (κ1) is 23.4. The van der Waals surface area contributed by atoms with E-state index in [2.05, 4.69) is 28.8 Å². The quantitative estimate of drug-likeness (QED) is 0.273. The fourth-order valence-electron chi connectivity index (χ4n) is 4.38. The second kappa shape index (κ2) is 9.70. The summed E-state index contributed by atoms with van der Waals surface area (Å²) in [5.41, 5.74) is 7.39. The van der Waals surface area contributed by atoms with Crippen molar-refractivity contribution >= 4 is 34.1 Å². The molecule has 7 heteroatoms. The summed E-state index contributed by atoms with van der Waals surface area (Å²) in [6.45, 7) is 4.02. The van der Waals surface area contributed by atoms with E-state index in [1.54, 1.807) is 18.6 Å². The highest BCUT2D eigenvalue weighted by molar-refractivity contribution is 6.36. The highest BCUT2D eigenvalue weighted by atomic mass is 35.5. The van der Waals surface area contributed by atoms with Crippen LogP contribution >= 0.6 is 23.2 Å². The van der Waals surface area contributed by atoms with Gasteiger partial charge in [0.1, 0.15) is 6.33 Å². The number of benzene rings is 2. The minimum absolute atomic E-state index is 0.140. The lowest BCUT2D eigenvalue weighted by Gasteiger charge is -2.18. The van der Waals surface area contributed by atoms with Crippen molar-refractivity contribution in [1.82, 2.24) is 19.9 Å². The van der Waals surface area contributed by atoms with E-state index in [9.17, 15) is 5.11 Å². The summed E-state index contributed by atoms with van der Waals surface area (Å²) in [7, 11) is 0. The van der Waals surface area contributed by atoms with Crippen molar-refractivity contribution in [3.05, 3.63) is 94.6 Å². The van der Waals surface area contributed by atoms with Gasteiger partial charge in [0.25, 0.3) is 0 Å². The van der Waals surface area contributed by atoms with Crippen LogP contribution in [0.25, 0.3) is 44.5 Å². The van der Waals surface area contributed by atoms with Crippen LogP contribution in [0.4, 0.5) is 0 Å². The van der Waals surface area contributed by atoms with Crippen LogP contribution in [-0.2, 0) is 6.61 Å². The molecule has 0 aliphatic rings. The van der Waals surface area contributed by atoms with Crippen LogP contribution in [0.3, 0.4) is 0 Å². The van der Waals surface area contributed by atoms with Crippen LogP contribution in [0, 0.1) is 0 Å². The third kappa shape index (κ3) is 4.39. The molecule has 0 saturated heterocycles. The fraction of sp³-hybridized carbons (Fsp3) is 0.143. The Morgan fingerprint density at radius 3 is 2.40 bits per heavy atom. The van der Waals surface area contributed by atoms with Gasteiger partial charge >= 0.3 is 0 Å². The molecule has 0 atom stereocenters. The lowest BCUT2D eigenvalue weighted by Crippen LogP contribution is -2.00. The maximum Gasteiger partial charge on any atom is 0.115 e. The number of nitrogens with zero attached hydrogens (tertiary/aromatic N) is 4. The predicted octanol–water partition coefficient (Wildman–Crippen LogP) is 7.34. The van der Waals surface area contributed by atoms with Gasteiger partial charge in [0.05, 0.1) is 28.5 Å². The standard InChI is InChI=1S/C28H22Cl2N4O/c1-16(2)25-26(30)22-11-17(6-7-24(22)34-28(25)19-12-31-15-32-13-19)21-8-9-33-27(23(21)14-35)18-4-3-5-20(29)10-18/h3-13,15-16,35H,14H2,1-2H3. The van der Waals surface area contributed by atoms with E-state index in [4.69, 9.17) is 28.2 Å². The summed E-state index contributed by atoms with van der Waals surface area (Å²) in [6.07, 6.45) is 6.74. The molecule has 0 fully saturated rings. The monoisotopic (exact) mass is 500 g/mol. The first-order valence-corrected chi connectivity index (χ1v) is 12.0. The molecule has 0 saturated carbocycles. The number of halogens is 2. The van der Waals surface area contributed by atoms with E-state index < -0.39 is 0 Å². The Labute approximate surface area is 213 Å². The van der Waals surface area contributed by atoms with Crippen LogP contribution in [-0.4, -0.2) is 25.0 Å². The maximum atomic E-state index is 10.3. The molecule has 5 rings (SSSR count). The Morgan fingerprint density at radius 2 is 1.69 bits per heavy atom. The number of aromatic nitrogens is 4. The highest BCUT2D eigenvalue weighted by Gasteiger charge is 2.20. The molecule has 0 unspecified atom stereocenters. The summed E-state index contributed by atoms with van der Waals surface area (Å²) in [5, 5.41) is 12.4. The molecule has 0 radical (unpaired) electrons. The lowest BCUT2D eigenvalue weighted by molar-refractivity contribution is 0.282. The van der Waals surface area contributed by atoms with Gasteiger partial charge in [-0.15, -0.1) is 0 Å². The minimum Gasteiger partial charge on any atom is -0.392 e. The molecule has 35 heavy (non-hydrogen) atoms. The molecule has 0 bridgehead atoms. The summed E-state index contributed by atoms with van der Waals surface area (Å²) in [6, 6.07) is 15.3. The van der Waals surface area contributed by atoms with Gasteiger partial charge in [0.2, 0.25) is 0 Å². The number of hydrogen-bond acceptors (Lipinski definition) is 5. The normalized spacial score (nSPS) is 11.4. The zero-order valence-electron chi connectivity index (χ0n) is 19.2. The lowest BCUT2D eigenvalue weighted by atomic mass is 9.93. The predicted molar refractivity (Wildman–Crippen MR) is 141 cm³/mol. The van der Waals surface area contributed by atoms with Gasteiger partial charge in [0, 0.05) is 51.3 Å². The molecular formula is C28H22Cl2N4O. The van der Waals surface area contributed by atoms with Gasteiger partial charge in [-0.25, -0.2) is 15.0 Å². The molecule has 174 valence electrons. The average Bonchev–Trinajstić information content (AvgIpc) is 2.88. The van der Waals surface area contributed by atoms with Gasteiger partial charge in [-0.2, -0.15) is 0 Å². The van der Waals surface area contributed by atoms with Crippen LogP contribution in [0.15, 0.2) is 73.4 Å².